The fourth-order valence-electron chi connectivity index (χ4n) is 3.09. The number of aliphatic hydroxyl groups excluding tert-OH is 1. The van der Waals surface area contributed by atoms with Crippen molar-refractivity contribution in [2.75, 3.05) is 46.3 Å². The Labute approximate surface area is 136 Å². The Balaban J connectivity index is 1.57. The molecule has 3 heterocycles. The normalized spacial score (nSPS) is 27.3. The zero-order valence-corrected chi connectivity index (χ0v) is 13.6. The molecule has 0 unspecified atom stereocenters. The summed E-state index contributed by atoms with van der Waals surface area (Å²) in [7, 11) is 2.12. The van der Waals surface area contributed by atoms with Crippen molar-refractivity contribution < 1.29 is 14.3 Å². The lowest BCUT2D eigenvalue weighted by molar-refractivity contribution is 0.0370. The molecule has 0 aliphatic carbocycles. The number of piperazine rings is 1. The van der Waals surface area contributed by atoms with E-state index < -0.39 is 6.10 Å². The molecule has 0 saturated carbocycles. The van der Waals surface area contributed by atoms with Crippen LogP contribution in [-0.2, 0) is 6.54 Å². The number of hydrogen-bond donors (Lipinski definition) is 2. The van der Waals surface area contributed by atoms with E-state index >= 15 is 0 Å². The number of nitrogens with two attached hydrogens (primary N) is 1. The third kappa shape index (κ3) is 3.92. The van der Waals surface area contributed by atoms with Gasteiger partial charge in [0.05, 0.1) is 12.6 Å². The molecule has 1 aromatic heterocycles. The summed E-state index contributed by atoms with van der Waals surface area (Å²) in [5, 5.41) is 9.83. The van der Waals surface area contributed by atoms with Gasteiger partial charge in [-0.3, -0.25) is 9.69 Å². The van der Waals surface area contributed by atoms with Crippen LogP contribution < -0.4 is 5.73 Å². The first-order valence-electron chi connectivity index (χ1n) is 8.25. The molecule has 1 amide bonds. The van der Waals surface area contributed by atoms with E-state index in [-0.39, 0.29) is 18.5 Å². The molecule has 128 valence electrons. The van der Waals surface area contributed by atoms with Gasteiger partial charge in [0.1, 0.15) is 5.76 Å². The number of β-amino-alcohol motifs (C(OH)–C–C–N with tert-alkyl or cyclic N) is 1. The average molecular weight is 322 g/mol. The Morgan fingerprint density at radius 3 is 2.74 bits per heavy atom. The summed E-state index contributed by atoms with van der Waals surface area (Å²) >= 11 is 0. The van der Waals surface area contributed by atoms with Crippen LogP contribution >= 0.6 is 0 Å². The molecule has 2 fully saturated rings. The summed E-state index contributed by atoms with van der Waals surface area (Å²) < 4.78 is 5.73. The summed E-state index contributed by atoms with van der Waals surface area (Å²) in [6.07, 6.45) is -0.0469. The Morgan fingerprint density at radius 2 is 2.04 bits per heavy atom. The maximum Gasteiger partial charge on any atom is 0.289 e. The molecule has 1 aromatic rings. The van der Waals surface area contributed by atoms with E-state index in [1.54, 1.807) is 11.0 Å². The predicted octanol–water partition coefficient (Wildman–Crippen LogP) is -0.439. The average Bonchev–Trinajstić information content (AvgIpc) is 3.00. The Bertz CT molecular complexity index is 539. The summed E-state index contributed by atoms with van der Waals surface area (Å²) in [5.41, 5.74) is 5.78. The second-order valence-electron chi connectivity index (χ2n) is 6.62. The molecule has 7 nitrogen and oxygen atoms in total. The van der Waals surface area contributed by atoms with E-state index in [4.69, 9.17) is 10.2 Å². The third-order valence-electron chi connectivity index (χ3n) is 4.77. The fraction of sp³-hybridized carbons (Fsp3) is 0.688. The van der Waals surface area contributed by atoms with Gasteiger partial charge in [0.25, 0.3) is 5.91 Å². The zero-order valence-electron chi connectivity index (χ0n) is 13.6. The molecule has 7 heteroatoms. The van der Waals surface area contributed by atoms with Gasteiger partial charge in [-0.15, -0.1) is 0 Å². The van der Waals surface area contributed by atoms with Crippen LogP contribution in [0.15, 0.2) is 16.5 Å². The van der Waals surface area contributed by atoms with Crippen molar-refractivity contribution in [2.24, 2.45) is 5.73 Å². The highest BCUT2D eigenvalue weighted by Gasteiger charge is 2.29. The van der Waals surface area contributed by atoms with Crippen molar-refractivity contribution in [3.63, 3.8) is 0 Å². The number of nitrogens with zero attached hydrogens (tertiary/aromatic N) is 3. The minimum absolute atomic E-state index is 0.166. The van der Waals surface area contributed by atoms with Gasteiger partial charge in [0.2, 0.25) is 0 Å². The fourth-order valence-corrected chi connectivity index (χ4v) is 3.09. The van der Waals surface area contributed by atoms with E-state index in [9.17, 15) is 9.90 Å². The molecule has 2 aliphatic rings. The number of furan rings is 1. The van der Waals surface area contributed by atoms with Crippen LogP contribution in [0.1, 0.15) is 22.7 Å². The van der Waals surface area contributed by atoms with Gasteiger partial charge < -0.3 is 25.1 Å². The van der Waals surface area contributed by atoms with Gasteiger partial charge in [-0.2, -0.15) is 0 Å². The van der Waals surface area contributed by atoms with Gasteiger partial charge >= 0.3 is 0 Å². The number of likely N-dealkylation sites (N-methyl/N-ethyl adjacent to an activating group) is 1. The molecule has 3 rings (SSSR count). The third-order valence-corrected chi connectivity index (χ3v) is 4.77. The van der Waals surface area contributed by atoms with Crippen molar-refractivity contribution in [3.8, 4) is 0 Å². The van der Waals surface area contributed by atoms with E-state index in [0.717, 1.165) is 38.5 Å². The highest BCUT2D eigenvalue weighted by atomic mass is 16.4. The summed E-state index contributed by atoms with van der Waals surface area (Å²) in [6, 6.07) is 3.36. The SMILES string of the molecule is CN1CCN(Cc2ccc(C(=O)N3CC[C@@H](N)[C@H](O)C3)o2)CC1. The Hall–Kier alpha value is -1.41. The van der Waals surface area contributed by atoms with Crippen LogP contribution in [0.2, 0.25) is 0 Å². The highest BCUT2D eigenvalue weighted by Crippen LogP contribution is 2.17. The Morgan fingerprint density at radius 1 is 1.30 bits per heavy atom. The van der Waals surface area contributed by atoms with E-state index in [2.05, 4.69) is 16.8 Å². The molecule has 0 bridgehead atoms. The lowest BCUT2D eigenvalue weighted by Crippen LogP contribution is -2.52. The van der Waals surface area contributed by atoms with Crippen LogP contribution in [0.4, 0.5) is 0 Å². The van der Waals surface area contributed by atoms with Crippen molar-refractivity contribution in [1.82, 2.24) is 14.7 Å². The van der Waals surface area contributed by atoms with Crippen LogP contribution in [0.5, 0.6) is 0 Å². The number of carbonyl (C=O) groups is 1. The summed E-state index contributed by atoms with van der Waals surface area (Å²) in [5.74, 6) is 0.990. The molecule has 0 spiro atoms. The number of aliphatic hydroxyl groups is 1. The molecule has 2 saturated heterocycles. The quantitative estimate of drug-likeness (QED) is 0.785. The van der Waals surface area contributed by atoms with E-state index in [0.29, 0.717) is 18.7 Å². The first-order valence-corrected chi connectivity index (χ1v) is 8.25. The topological polar surface area (TPSA) is 86.2 Å². The first-order chi connectivity index (χ1) is 11.0. The van der Waals surface area contributed by atoms with Crippen LogP contribution in [-0.4, -0.2) is 84.2 Å². The number of rotatable bonds is 3. The minimum Gasteiger partial charge on any atom is -0.455 e. The largest absolute Gasteiger partial charge is 0.455 e. The van der Waals surface area contributed by atoms with Gasteiger partial charge in [-0.05, 0) is 25.6 Å². The van der Waals surface area contributed by atoms with Crippen LogP contribution in [0.25, 0.3) is 0 Å². The van der Waals surface area contributed by atoms with Gasteiger partial charge in [0.15, 0.2) is 5.76 Å². The number of likely N-dealkylation sites (tertiary alicyclic amines) is 1. The van der Waals surface area contributed by atoms with Gasteiger partial charge in [-0.1, -0.05) is 0 Å². The van der Waals surface area contributed by atoms with Crippen molar-refractivity contribution in [1.29, 1.82) is 0 Å². The van der Waals surface area contributed by atoms with Crippen LogP contribution in [0, 0.1) is 0 Å². The summed E-state index contributed by atoms with van der Waals surface area (Å²) in [6.45, 7) is 5.69. The number of carbonyl (C=O) groups excluding carboxylic acids is 1. The second kappa shape index (κ2) is 7.00. The Kier molecular flexibility index (Phi) is 5.01. The summed E-state index contributed by atoms with van der Waals surface area (Å²) in [4.78, 5) is 18.7. The van der Waals surface area contributed by atoms with Crippen molar-refractivity contribution >= 4 is 5.91 Å². The highest BCUT2D eigenvalue weighted by molar-refractivity contribution is 5.91. The maximum atomic E-state index is 12.5. The monoisotopic (exact) mass is 322 g/mol. The van der Waals surface area contributed by atoms with Crippen molar-refractivity contribution in [2.45, 2.75) is 25.1 Å². The molecule has 3 N–H and O–H groups in total. The van der Waals surface area contributed by atoms with Gasteiger partial charge in [-0.25, -0.2) is 0 Å². The first kappa shape index (κ1) is 16.4. The molecule has 2 aliphatic heterocycles. The molecule has 0 radical (unpaired) electrons. The minimum atomic E-state index is -0.660. The lowest BCUT2D eigenvalue weighted by atomic mass is 10.0. The molecular weight excluding hydrogens is 296 g/mol. The smallest absolute Gasteiger partial charge is 0.289 e. The van der Waals surface area contributed by atoms with E-state index in [1.807, 2.05) is 6.07 Å². The van der Waals surface area contributed by atoms with Crippen LogP contribution in [0.3, 0.4) is 0 Å². The van der Waals surface area contributed by atoms with Crippen molar-refractivity contribution in [3.05, 3.63) is 23.7 Å². The van der Waals surface area contributed by atoms with E-state index in [1.165, 1.54) is 0 Å². The molecular formula is C16H26N4O3. The standard InChI is InChI=1S/C16H26N4O3/c1-18-6-8-19(9-7-18)10-12-2-3-15(23-12)16(22)20-5-4-13(17)14(21)11-20/h2-3,13-14,21H,4-11,17H2,1H3/t13-,14-/m1/s1. The zero-order chi connectivity index (χ0) is 16.4. The number of hydrogen-bond acceptors (Lipinski definition) is 6. The predicted molar refractivity (Wildman–Crippen MR) is 86.0 cm³/mol. The van der Waals surface area contributed by atoms with Gasteiger partial charge in [0, 0.05) is 45.3 Å². The molecule has 0 aromatic carbocycles. The molecule has 2 atom stereocenters. The number of amides is 1. The maximum absolute atomic E-state index is 12.5. The number of piperidine rings is 1. The second-order valence-corrected chi connectivity index (χ2v) is 6.62. The molecule has 23 heavy (non-hydrogen) atoms. The lowest BCUT2D eigenvalue weighted by Gasteiger charge is -2.33.